The second kappa shape index (κ2) is 4.90. The Balaban J connectivity index is 2.06. The molecule has 1 fully saturated rings. The molecule has 0 bridgehead atoms. The van der Waals surface area contributed by atoms with Gasteiger partial charge in [0.05, 0.1) is 11.0 Å². The number of hydrogen-bond donors (Lipinski definition) is 2. The van der Waals surface area contributed by atoms with Crippen molar-refractivity contribution in [2.45, 2.75) is 45.4 Å². The number of nitro groups is 1. The van der Waals surface area contributed by atoms with Crippen LogP contribution in [0.4, 0.5) is 5.69 Å². The van der Waals surface area contributed by atoms with Gasteiger partial charge in [-0.15, -0.1) is 0 Å². The summed E-state index contributed by atoms with van der Waals surface area (Å²) in [6.45, 7) is 6.04. The molecule has 3 atom stereocenters. The first-order chi connectivity index (χ1) is 8.82. The highest BCUT2D eigenvalue weighted by Crippen LogP contribution is 2.41. The van der Waals surface area contributed by atoms with Crippen molar-refractivity contribution in [3.8, 4) is 0 Å². The molecule has 0 radical (unpaired) electrons. The van der Waals surface area contributed by atoms with E-state index in [9.17, 15) is 15.2 Å². The fourth-order valence-electron chi connectivity index (χ4n) is 2.49. The van der Waals surface area contributed by atoms with E-state index in [1.54, 1.807) is 12.1 Å². The molecule has 0 saturated heterocycles. The van der Waals surface area contributed by atoms with E-state index in [4.69, 9.17) is 0 Å². The van der Waals surface area contributed by atoms with Crippen molar-refractivity contribution in [2.24, 2.45) is 5.41 Å². The molecule has 5 nitrogen and oxygen atoms in total. The molecule has 19 heavy (non-hydrogen) atoms. The van der Waals surface area contributed by atoms with Crippen molar-refractivity contribution in [2.75, 3.05) is 0 Å². The zero-order chi connectivity index (χ0) is 14.2. The summed E-state index contributed by atoms with van der Waals surface area (Å²) >= 11 is 0. The topological polar surface area (TPSA) is 75.4 Å². The van der Waals surface area contributed by atoms with Crippen molar-refractivity contribution in [1.82, 2.24) is 5.32 Å². The summed E-state index contributed by atoms with van der Waals surface area (Å²) in [6.07, 6.45) is 0.453. The monoisotopic (exact) mass is 264 g/mol. The minimum atomic E-state index is -0.382. The van der Waals surface area contributed by atoms with E-state index >= 15 is 0 Å². The van der Waals surface area contributed by atoms with Crippen LogP contribution in [0.2, 0.25) is 0 Å². The predicted molar refractivity (Wildman–Crippen MR) is 72.8 cm³/mol. The molecular formula is C14H20N2O3. The Morgan fingerprint density at radius 1 is 1.53 bits per heavy atom. The first-order valence-corrected chi connectivity index (χ1v) is 6.51. The van der Waals surface area contributed by atoms with Gasteiger partial charge in [0.1, 0.15) is 0 Å². The third-order valence-electron chi connectivity index (χ3n) is 4.25. The van der Waals surface area contributed by atoms with Gasteiger partial charge in [-0.05, 0) is 18.9 Å². The SMILES string of the molecule is CC(NC1CC(O)C1(C)C)c1cccc([N+](=O)[O-])c1. The Kier molecular flexibility index (Phi) is 3.60. The van der Waals surface area contributed by atoms with E-state index in [1.807, 2.05) is 26.8 Å². The number of nitro benzene ring substituents is 1. The Labute approximate surface area is 112 Å². The van der Waals surface area contributed by atoms with Crippen LogP contribution in [0.15, 0.2) is 24.3 Å². The van der Waals surface area contributed by atoms with Crippen LogP contribution in [0.3, 0.4) is 0 Å². The molecule has 1 aliphatic rings. The molecule has 3 unspecified atom stereocenters. The minimum absolute atomic E-state index is 0.0247. The average molecular weight is 264 g/mol. The van der Waals surface area contributed by atoms with E-state index in [2.05, 4.69) is 5.32 Å². The van der Waals surface area contributed by atoms with Gasteiger partial charge >= 0.3 is 0 Å². The van der Waals surface area contributed by atoms with E-state index in [0.29, 0.717) is 0 Å². The molecule has 2 N–H and O–H groups in total. The molecule has 1 aromatic carbocycles. The third kappa shape index (κ3) is 2.62. The fraction of sp³-hybridized carbons (Fsp3) is 0.571. The highest BCUT2D eigenvalue weighted by Gasteiger charge is 2.47. The van der Waals surface area contributed by atoms with Gasteiger partial charge in [-0.2, -0.15) is 0 Å². The van der Waals surface area contributed by atoms with Crippen LogP contribution in [0.1, 0.15) is 38.8 Å². The van der Waals surface area contributed by atoms with Crippen molar-refractivity contribution < 1.29 is 10.0 Å². The van der Waals surface area contributed by atoms with Crippen LogP contribution in [-0.2, 0) is 0 Å². The van der Waals surface area contributed by atoms with E-state index in [-0.39, 0.29) is 34.2 Å². The second-order valence-corrected chi connectivity index (χ2v) is 5.87. The summed E-state index contributed by atoms with van der Waals surface area (Å²) in [5, 5.41) is 23.9. The van der Waals surface area contributed by atoms with Gasteiger partial charge in [-0.25, -0.2) is 0 Å². The zero-order valence-electron chi connectivity index (χ0n) is 11.5. The van der Waals surface area contributed by atoms with Crippen LogP contribution < -0.4 is 5.32 Å². The Bertz CT molecular complexity index is 487. The second-order valence-electron chi connectivity index (χ2n) is 5.87. The zero-order valence-corrected chi connectivity index (χ0v) is 11.5. The molecule has 1 aromatic rings. The Morgan fingerprint density at radius 2 is 2.21 bits per heavy atom. The molecule has 1 aliphatic carbocycles. The summed E-state index contributed by atoms with van der Waals surface area (Å²) in [5.74, 6) is 0. The van der Waals surface area contributed by atoms with Crippen LogP contribution in [0.5, 0.6) is 0 Å². The molecule has 0 aromatic heterocycles. The summed E-state index contributed by atoms with van der Waals surface area (Å²) in [6, 6.07) is 6.93. The molecule has 0 aliphatic heterocycles. The van der Waals surface area contributed by atoms with Crippen molar-refractivity contribution in [3.05, 3.63) is 39.9 Å². The van der Waals surface area contributed by atoms with Crippen molar-refractivity contribution in [1.29, 1.82) is 0 Å². The minimum Gasteiger partial charge on any atom is -0.392 e. The first-order valence-electron chi connectivity index (χ1n) is 6.51. The van der Waals surface area contributed by atoms with E-state index in [0.717, 1.165) is 12.0 Å². The number of aliphatic hydroxyl groups excluding tert-OH is 1. The fourth-order valence-corrected chi connectivity index (χ4v) is 2.49. The van der Waals surface area contributed by atoms with Gasteiger partial charge < -0.3 is 10.4 Å². The van der Waals surface area contributed by atoms with Gasteiger partial charge in [0.25, 0.3) is 5.69 Å². The maximum absolute atomic E-state index is 10.8. The smallest absolute Gasteiger partial charge is 0.269 e. The lowest BCUT2D eigenvalue weighted by Gasteiger charge is -2.50. The number of nitrogens with zero attached hydrogens (tertiary/aromatic N) is 1. The molecule has 5 heteroatoms. The average Bonchev–Trinajstić information content (AvgIpc) is 2.38. The summed E-state index contributed by atoms with van der Waals surface area (Å²) in [4.78, 5) is 10.4. The molecule has 0 spiro atoms. The number of non-ortho nitro benzene ring substituents is 1. The lowest BCUT2D eigenvalue weighted by atomic mass is 9.64. The standard InChI is InChI=1S/C14H20N2O3/c1-9(15-12-8-13(17)14(12,2)3)10-5-4-6-11(7-10)16(18)19/h4-7,9,12-13,15,17H,8H2,1-3H3. The van der Waals surface area contributed by atoms with E-state index in [1.165, 1.54) is 6.07 Å². The first kappa shape index (κ1) is 14.0. The quantitative estimate of drug-likeness (QED) is 0.647. The third-order valence-corrected chi connectivity index (χ3v) is 4.25. The predicted octanol–water partition coefficient (Wildman–Crippen LogP) is 2.40. The summed E-state index contributed by atoms with van der Waals surface area (Å²) in [7, 11) is 0. The normalized spacial score (nSPS) is 26.5. The van der Waals surface area contributed by atoms with Gasteiger partial charge in [-0.1, -0.05) is 26.0 Å². The molecule has 0 amide bonds. The molecule has 104 valence electrons. The lowest BCUT2D eigenvalue weighted by Crippen LogP contribution is -2.60. The summed E-state index contributed by atoms with van der Waals surface area (Å²) in [5.41, 5.74) is 0.861. The highest BCUT2D eigenvalue weighted by atomic mass is 16.6. The summed E-state index contributed by atoms with van der Waals surface area (Å²) < 4.78 is 0. The van der Waals surface area contributed by atoms with Crippen molar-refractivity contribution >= 4 is 5.69 Å². The van der Waals surface area contributed by atoms with Crippen LogP contribution in [0, 0.1) is 15.5 Å². The van der Waals surface area contributed by atoms with Crippen molar-refractivity contribution in [3.63, 3.8) is 0 Å². The lowest BCUT2D eigenvalue weighted by molar-refractivity contribution is -0.384. The number of rotatable bonds is 4. The maximum Gasteiger partial charge on any atom is 0.269 e. The molecule has 1 saturated carbocycles. The maximum atomic E-state index is 10.8. The van der Waals surface area contributed by atoms with Gasteiger partial charge in [-0.3, -0.25) is 10.1 Å². The Morgan fingerprint density at radius 3 is 2.74 bits per heavy atom. The molecular weight excluding hydrogens is 244 g/mol. The highest BCUT2D eigenvalue weighted by molar-refractivity contribution is 5.35. The Hall–Kier alpha value is -1.46. The molecule has 0 heterocycles. The number of hydrogen-bond acceptors (Lipinski definition) is 4. The van der Waals surface area contributed by atoms with Crippen LogP contribution >= 0.6 is 0 Å². The number of aliphatic hydroxyl groups is 1. The van der Waals surface area contributed by atoms with E-state index < -0.39 is 0 Å². The molecule has 2 rings (SSSR count). The van der Waals surface area contributed by atoms with Gasteiger partial charge in [0.15, 0.2) is 0 Å². The number of nitrogens with one attached hydrogen (secondary N) is 1. The van der Waals surface area contributed by atoms with Gasteiger partial charge in [0, 0.05) is 29.6 Å². The largest absolute Gasteiger partial charge is 0.392 e. The van der Waals surface area contributed by atoms with Crippen LogP contribution in [-0.4, -0.2) is 22.2 Å². The number of benzene rings is 1. The van der Waals surface area contributed by atoms with Crippen LogP contribution in [0.25, 0.3) is 0 Å². The van der Waals surface area contributed by atoms with Gasteiger partial charge in [0.2, 0.25) is 0 Å².